The van der Waals surface area contributed by atoms with Crippen molar-refractivity contribution in [2.24, 2.45) is 0 Å². The van der Waals surface area contributed by atoms with Crippen molar-refractivity contribution in [3.63, 3.8) is 0 Å². The summed E-state index contributed by atoms with van der Waals surface area (Å²) in [5.74, 6) is 0. The molecular formula is H4NO4PS. The van der Waals surface area contributed by atoms with Gasteiger partial charge in [-0.2, -0.15) is 0 Å². The normalized spacial score (nSPS) is 9.00. The number of nitrogens with one attached hydrogen (secondary N) is 1. The lowest BCUT2D eigenvalue weighted by molar-refractivity contribution is 0.275. The molecule has 0 spiro atoms. The van der Waals surface area contributed by atoms with Crippen LogP contribution in [0.15, 0.2) is 0 Å². The fourth-order valence-electron chi connectivity index (χ4n) is 0. The van der Waals surface area contributed by atoms with Gasteiger partial charge in [-0.3, -0.25) is 0 Å². The molecule has 7 heavy (non-hydrogen) atoms. The Morgan fingerprint density at radius 1 is 1.29 bits per heavy atom. The molecule has 0 saturated carbocycles. The van der Waals surface area contributed by atoms with Crippen LogP contribution in [0.5, 0.6) is 0 Å². The number of rotatable bonds is 0. The van der Waals surface area contributed by atoms with Crippen LogP contribution in [0.1, 0.15) is 0 Å². The van der Waals surface area contributed by atoms with E-state index in [1.165, 1.54) is 0 Å². The second kappa shape index (κ2) is 4.29. The second-order valence-electron chi connectivity index (χ2n) is 0.513. The molecule has 7 heteroatoms. The van der Waals surface area contributed by atoms with E-state index in [-0.39, 0.29) is 0 Å². The van der Waals surface area contributed by atoms with E-state index < -0.39 is 7.82 Å². The van der Waals surface area contributed by atoms with E-state index in [1.54, 1.807) is 0 Å². The first kappa shape index (κ1) is 10.2. The number of hydrogen-bond acceptors (Lipinski definition) is 3. The average Bonchev–Trinajstić information content (AvgIpc) is 1.36. The summed E-state index contributed by atoms with van der Waals surface area (Å²) in [6.07, 6.45) is 0. The van der Waals surface area contributed by atoms with Crippen LogP contribution in [-0.2, 0) is 17.0 Å². The lowest BCUT2D eigenvalue weighted by atomic mass is 14.0. The van der Waals surface area contributed by atoms with Gasteiger partial charge in [0.15, 0.2) is 0 Å². The summed E-state index contributed by atoms with van der Waals surface area (Å²) in [4.78, 5) is 21.6. The van der Waals surface area contributed by atoms with E-state index in [4.69, 9.17) is 24.0 Å². The third kappa shape index (κ3) is 6190. The minimum absolute atomic E-state index is 3.33. The molecule has 0 atom stereocenters. The maximum atomic E-state index is 8.88. The monoisotopic (exact) mass is 145 g/mol. The van der Waals surface area contributed by atoms with Crippen molar-refractivity contribution in [1.29, 1.82) is 4.78 Å². The average molecular weight is 145 g/mol. The van der Waals surface area contributed by atoms with E-state index in [9.17, 15) is 0 Å². The zero-order chi connectivity index (χ0) is 6.50. The summed E-state index contributed by atoms with van der Waals surface area (Å²) in [6, 6.07) is 0. The summed E-state index contributed by atoms with van der Waals surface area (Å²) in [6.45, 7) is 0. The molecule has 0 amide bonds. The minimum atomic E-state index is -4.64. The number of phosphoric acid groups is 1. The lowest BCUT2D eigenvalue weighted by Gasteiger charge is -1.82. The molecule has 0 heterocycles. The fourth-order valence-corrected chi connectivity index (χ4v) is 0. The molecule has 0 aliphatic carbocycles. The molecule has 0 aliphatic rings. The van der Waals surface area contributed by atoms with Crippen molar-refractivity contribution >= 4 is 20.2 Å². The highest BCUT2D eigenvalue weighted by Gasteiger charge is 2.00. The predicted molar refractivity (Wildman–Crippen MR) is 24.3 cm³/mol. The summed E-state index contributed by atoms with van der Waals surface area (Å²) in [5.41, 5.74) is 0. The summed E-state index contributed by atoms with van der Waals surface area (Å²) in [7, 11) is -4.64. The highest BCUT2D eigenvalue weighted by atomic mass is 32.1. The molecule has 0 unspecified atom stereocenters. The highest BCUT2D eigenvalue weighted by molar-refractivity contribution is 7.45. The topological polar surface area (TPSA) is 102 Å². The van der Waals surface area contributed by atoms with Gasteiger partial charge in [-0.25, -0.2) is 9.34 Å². The van der Waals surface area contributed by atoms with Crippen LogP contribution in [0.25, 0.3) is 0 Å². The van der Waals surface area contributed by atoms with Crippen molar-refractivity contribution in [3.8, 4) is 0 Å². The van der Waals surface area contributed by atoms with Gasteiger partial charge in [0.05, 0.1) is 0 Å². The van der Waals surface area contributed by atoms with Crippen molar-refractivity contribution < 1.29 is 19.2 Å². The van der Waals surface area contributed by atoms with Gasteiger partial charge in [0.2, 0.25) is 0 Å². The zero-order valence-corrected chi connectivity index (χ0v) is 4.82. The van der Waals surface area contributed by atoms with Gasteiger partial charge in [-0.15, -0.1) is 0 Å². The van der Waals surface area contributed by atoms with Crippen LogP contribution >= 0.6 is 7.82 Å². The molecule has 0 saturated heterocycles. The van der Waals surface area contributed by atoms with Gasteiger partial charge in [0.1, 0.15) is 0 Å². The lowest BCUT2D eigenvalue weighted by Crippen LogP contribution is -1.66. The largest absolute Gasteiger partial charge is 0.466 e. The quantitative estimate of drug-likeness (QED) is 0.340. The van der Waals surface area contributed by atoms with Gasteiger partial charge in [-0.1, -0.05) is 0 Å². The molecule has 0 aliphatic heterocycles. The standard InChI is InChI=1S/HNS.H3O4P/c1-2;1-5(2,3)4/h1H;(H3,1,2,3,4). The van der Waals surface area contributed by atoms with Gasteiger partial charge in [0, 0.05) is 12.4 Å². The van der Waals surface area contributed by atoms with Gasteiger partial charge >= 0.3 is 7.82 Å². The molecule has 0 aromatic heterocycles. The Morgan fingerprint density at radius 3 is 1.29 bits per heavy atom. The molecule has 4 N–H and O–H groups in total. The predicted octanol–water partition coefficient (Wildman–Crippen LogP) is -0.633. The minimum Gasteiger partial charge on any atom is -0.303 e. The van der Waals surface area contributed by atoms with E-state index in [0.29, 0.717) is 0 Å². The first-order valence-corrected chi connectivity index (χ1v) is 2.96. The first-order valence-electron chi connectivity index (χ1n) is 0.987. The summed E-state index contributed by atoms with van der Waals surface area (Å²) >= 11 is 3.33. The van der Waals surface area contributed by atoms with E-state index in [2.05, 4.69) is 12.4 Å². The molecule has 5 nitrogen and oxygen atoms in total. The Kier molecular flexibility index (Phi) is 6.24. The molecule has 0 fully saturated rings. The van der Waals surface area contributed by atoms with Crippen molar-refractivity contribution in [1.82, 2.24) is 0 Å². The zero-order valence-electron chi connectivity index (χ0n) is 3.11. The summed E-state index contributed by atoms with van der Waals surface area (Å²) < 4.78 is 14.2. The third-order valence-corrected chi connectivity index (χ3v) is 0. The molecule has 0 rings (SSSR count). The Morgan fingerprint density at radius 2 is 1.29 bits per heavy atom. The van der Waals surface area contributed by atoms with Crippen molar-refractivity contribution in [2.75, 3.05) is 0 Å². The first-order chi connectivity index (χ1) is 3.00. The van der Waals surface area contributed by atoms with E-state index in [0.717, 1.165) is 0 Å². The van der Waals surface area contributed by atoms with Crippen LogP contribution in [0.2, 0.25) is 0 Å². The maximum Gasteiger partial charge on any atom is 0.466 e. The Hall–Kier alpha value is 0.130. The molecule has 0 bridgehead atoms. The smallest absolute Gasteiger partial charge is 0.303 e. The molecule has 0 aromatic rings. The molecular weight excluding hydrogens is 141 g/mol. The second-order valence-corrected chi connectivity index (χ2v) is 1.54. The molecule has 0 radical (unpaired) electrons. The van der Waals surface area contributed by atoms with Gasteiger partial charge in [-0.05, 0) is 0 Å². The van der Waals surface area contributed by atoms with Gasteiger partial charge < -0.3 is 14.7 Å². The third-order valence-electron chi connectivity index (χ3n) is 0. The van der Waals surface area contributed by atoms with E-state index in [1.807, 2.05) is 0 Å². The van der Waals surface area contributed by atoms with Crippen LogP contribution in [0, 0.1) is 4.78 Å². The van der Waals surface area contributed by atoms with Crippen LogP contribution < -0.4 is 0 Å². The Labute approximate surface area is 45.2 Å². The fraction of sp³-hybridized carbons (Fsp3) is 0. The van der Waals surface area contributed by atoms with Crippen LogP contribution in [0.3, 0.4) is 0 Å². The summed E-state index contributed by atoms with van der Waals surface area (Å²) in [5, 5.41) is 0. The Bertz CT molecular complexity index is 67.5. The highest BCUT2D eigenvalue weighted by Crippen LogP contribution is 2.25. The van der Waals surface area contributed by atoms with Crippen molar-refractivity contribution in [2.45, 2.75) is 0 Å². The molecule has 44 valence electrons. The van der Waals surface area contributed by atoms with Gasteiger partial charge in [0.25, 0.3) is 0 Å². The van der Waals surface area contributed by atoms with Crippen LogP contribution in [0.4, 0.5) is 0 Å². The molecule has 0 aromatic carbocycles. The van der Waals surface area contributed by atoms with Crippen molar-refractivity contribution in [3.05, 3.63) is 0 Å². The Balaban J connectivity index is 0. The number of hydrogen-bond donors (Lipinski definition) is 4. The van der Waals surface area contributed by atoms with Crippen LogP contribution in [-0.4, -0.2) is 14.7 Å². The maximum absolute atomic E-state index is 8.88. The SMILES string of the molecule is N=S.O=P(O)(O)O. The van der Waals surface area contributed by atoms with E-state index >= 15 is 0 Å².